The number of carbonyl (C=O) groups is 2. The normalized spacial score (nSPS) is 25.6. The lowest BCUT2D eigenvalue weighted by molar-refractivity contribution is -0.143. The maximum Gasteiger partial charge on any atom is 0.245 e. The van der Waals surface area contributed by atoms with Crippen LogP contribution in [-0.4, -0.2) is 47.5 Å². The van der Waals surface area contributed by atoms with Crippen molar-refractivity contribution in [1.29, 1.82) is 0 Å². The number of benzene rings is 1. The van der Waals surface area contributed by atoms with Crippen LogP contribution in [0, 0.1) is 5.92 Å². The lowest BCUT2D eigenvalue weighted by atomic mass is 9.99. The molecule has 0 saturated carbocycles. The summed E-state index contributed by atoms with van der Waals surface area (Å²) in [5.41, 5.74) is 0.962. The maximum absolute atomic E-state index is 13.0. The second-order valence-electron chi connectivity index (χ2n) is 7.30. The third kappa shape index (κ3) is 3.17. The fraction of sp³-hybridized carbons (Fsp3) is 0.579. The minimum Gasteiger partial charge on any atom is -0.454 e. The van der Waals surface area contributed by atoms with Crippen molar-refractivity contribution in [1.82, 2.24) is 9.80 Å². The van der Waals surface area contributed by atoms with E-state index in [9.17, 15) is 9.59 Å². The number of carbonyl (C=O) groups excluding carboxylic acids is 2. The molecule has 3 aliphatic heterocycles. The average molecular weight is 344 g/mol. The van der Waals surface area contributed by atoms with Gasteiger partial charge in [0.1, 0.15) is 6.04 Å². The van der Waals surface area contributed by atoms with Crippen LogP contribution in [0.15, 0.2) is 18.2 Å². The quantitative estimate of drug-likeness (QED) is 0.843. The van der Waals surface area contributed by atoms with Crippen molar-refractivity contribution in [3.63, 3.8) is 0 Å². The molecule has 0 aromatic heterocycles. The third-order valence-electron chi connectivity index (χ3n) is 5.37. The lowest BCUT2D eigenvalue weighted by Crippen LogP contribution is -2.49. The molecule has 3 aliphatic rings. The number of hydrogen-bond donors (Lipinski definition) is 0. The van der Waals surface area contributed by atoms with Crippen molar-refractivity contribution in [3.8, 4) is 11.5 Å². The molecule has 0 aliphatic carbocycles. The largest absolute Gasteiger partial charge is 0.454 e. The molecule has 3 heterocycles. The summed E-state index contributed by atoms with van der Waals surface area (Å²) >= 11 is 0. The van der Waals surface area contributed by atoms with Crippen LogP contribution in [0.5, 0.6) is 11.5 Å². The Balaban J connectivity index is 1.49. The summed E-state index contributed by atoms with van der Waals surface area (Å²) in [6, 6.07) is 5.37. The van der Waals surface area contributed by atoms with Gasteiger partial charge in [-0.2, -0.15) is 0 Å². The second-order valence-corrected chi connectivity index (χ2v) is 7.30. The molecule has 0 N–H and O–H groups in total. The summed E-state index contributed by atoms with van der Waals surface area (Å²) in [6.07, 6.45) is 3.29. The molecular formula is C19H24N2O4. The van der Waals surface area contributed by atoms with Gasteiger partial charge in [0.15, 0.2) is 11.5 Å². The van der Waals surface area contributed by atoms with Gasteiger partial charge >= 0.3 is 0 Å². The van der Waals surface area contributed by atoms with Gasteiger partial charge in [-0.05, 0) is 42.9 Å². The zero-order valence-corrected chi connectivity index (χ0v) is 14.6. The number of fused-ring (bicyclic) bond motifs is 1. The number of nitrogens with zero attached hydrogens (tertiary/aromatic N) is 2. The topological polar surface area (TPSA) is 59.1 Å². The average Bonchev–Trinajstić information content (AvgIpc) is 3.21. The first kappa shape index (κ1) is 16.2. The standard InChI is InChI=1S/C19H24N2O4/c1-13-3-2-8-20(10-13)19(23)15-5-7-18(22)21(15)11-14-4-6-16-17(9-14)25-12-24-16/h4,6,9,13,15H,2-3,5,7-8,10-12H2,1H3. The highest BCUT2D eigenvalue weighted by atomic mass is 16.7. The molecular weight excluding hydrogens is 320 g/mol. The van der Waals surface area contributed by atoms with Gasteiger partial charge in [-0.3, -0.25) is 9.59 Å². The van der Waals surface area contributed by atoms with E-state index in [4.69, 9.17) is 9.47 Å². The number of likely N-dealkylation sites (tertiary alicyclic amines) is 2. The third-order valence-corrected chi connectivity index (χ3v) is 5.37. The van der Waals surface area contributed by atoms with E-state index in [2.05, 4.69) is 6.92 Å². The fourth-order valence-corrected chi connectivity index (χ4v) is 4.02. The number of amides is 2. The van der Waals surface area contributed by atoms with Crippen LogP contribution < -0.4 is 9.47 Å². The maximum atomic E-state index is 13.0. The van der Waals surface area contributed by atoms with Gasteiger partial charge in [-0.1, -0.05) is 13.0 Å². The van der Waals surface area contributed by atoms with Gasteiger partial charge < -0.3 is 19.3 Å². The smallest absolute Gasteiger partial charge is 0.245 e. The monoisotopic (exact) mass is 344 g/mol. The highest BCUT2D eigenvalue weighted by Crippen LogP contribution is 2.34. The van der Waals surface area contributed by atoms with Crippen molar-refractivity contribution in [2.24, 2.45) is 5.92 Å². The van der Waals surface area contributed by atoms with Gasteiger partial charge in [0.2, 0.25) is 18.6 Å². The molecule has 25 heavy (non-hydrogen) atoms. The van der Waals surface area contributed by atoms with Crippen LogP contribution in [-0.2, 0) is 16.1 Å². The predicted molar refractivity (Wildman–Crippen MR) is 91.1 cm³/mol. The van der Waals surface area contributed by atoms with Crippen molar-refractivity contribution in [2.45, 2.75) is 45.2 Å². The van der Waals surface area contributed by atoms with Gasteiger partial charge in [0.25, 0.3) is 0 Å². The minimum atomic E-state index is -0.330. The molecule has 0 spiro atoms. The van der Waals surface area contributed by atoms with E-state index < -0.39 is 0 Å². The Morgan fingerprint density at radius 3 is 2.92 bits per heavy atom. The predicted octanol–water partition coefficient (Wildman–Crippen LogP) is 2.16. The molecule has 4 rings (SSSR count). The molecule has 0 bridgehead atoms. The zero-order valence-electron chi connectivity index (χ0n) is 14.6. The fourth-order valence-electron chi connectivity index (χ4n) is 4.02. The van der Waals surface area contributed by atoms with E-state index in [0.29, 0.717) is 31.1 Å². The molecule has 0 radical (unpaired) electrons. The lowest BCUT2D eigenvalue weighted by Gasteiger charge is -2.35. The van der Waals surface area contributed by atoms with Crippen LogP contribution in [0.4, 0.5) is 0 Å². The van der Waals surface area contributed by atoms with Gasteiger partial charge in [-0.15, -0.1) is 0 Å². The van der Waals surface area contributed by atoms with E-state index in [1.165, 1.54) is 6.42 Å². The Labute approximate surface area is 147 Å². The Morgan fingerprint density at radius 2 is 2.08 bits per heavy atom. The molecule has 134 valence electrons. The van der Waals surface area contributed by atoms with Crippen molar-refractivity contribution in [3.05, 3.63) is 23.8 Å². The van der Waals surface area contributed by atoms with Crippen molar-refractivity contribution in [2.75, 3.05) is 19.9 Å². The van der Waals surface area contributed by atoms with Crippen LogP contribution in [0.25, 0.3) is 0 Å². The van der Waals surface area contributed by atoms with E-state index >= 15 is 0 Å². The summed E-state index contributed by atoms with van der Waals surface area (Å²) in [7, 11) is 0. The summed E-state index contributed by atoms with van der Waals surface area (Å²) in [4.78, 5) is 29.0. The zero-order chi connectivity index (χ0) is 17.4. The molecule has 2 amide bonds. The summed E-state index contributed by atoms with van der Waals surface area (Å²) in [5, 5.41) is 0. The summed E-state index contributed by atoms with van der Waals surface area (Å²) in [6.45, 7) is 4.47. The molecule has 1 aromatic carbocycles. The first-order valence-corrected chi connectivity index (χ1v) is 9.08. The number of piperidine rings is 1. The van der Waals surface area contributed by atoms with E-state index in [1.807, 2.05) is 23.1 Å². The second kappa shape index (κ2) is 6.58. The minimum absolute atomic E-state index is 0.0566. The molecule has 6 heteroatoms. The van der Waals surface area contributed by atoms with Gasteiger partial charge in [0.05, 0.1) is 0 Å². The van der Waals surface area contributed by atoms with Gasteiger partial charge in [0, 0.05) is 26.1 Å². The first-order chi connectivity index (χ1) is 12.1. The number of rotatable bonds is 3. The molecule has 2 saturated heterocycles. The highest BCUT2D eigenvalue weighted by Gasteiger charge is 2.39. The highest BCUT2D eigenvalue weighted by molar-refractivity contribution is 5.91. The Kier molecular flexibility index (Phi) is 4.27. The Bertz CT molecular complexity index is 690. The first-order valence-electron chi connectivity index (χ1n) is 9.08. The Morgan fingerprint density at radius 1 is 1.24 bits per heavy atom. The van der Waals surface area contributed by atoms with E-state index in [0.717, 1.165) is 30.8 Å². The van der Waals surface area contributed by atoms with Gasteiger partial charge in [-0.25, -0.2) is 0 Å². The molecule has 2 fully saturated rings. The molecule has 2 atom stereocenters. The Hall–Kier alpha value is -2.24. The number of hydrogen-bond acceptors (Lipinski definition) is 4. The van der Waals surface area contributed by atoms with E-state index in [1.54, 1.807) is 4.90 Å². The van der Waals surface area contributed by atoms with Crippen LogP contribution in [0.1, 0.15) is 38.2 Å². The van der Waals surface area contributed by atoms with Crippen LogP contribution in [0.2, 0.25) is 0 Å². The molecule has 6 nitrogen and oxygen atoms in total. The van der Waals surface area contributed by atoms with Crippen molar-refractivity contribution < 1.29 is 19.1 Å². The van der Waals surface area contributed by atoms with Crippen molar-refractivity contribution >= 4 is 11.8 Å². The van der Waals surface area contributed by atoms with E-state index in [-0.39, 0.29) is 24.6 Å². The molecule has 1 aromatic rings. The summed E-state index contributed by atoms with van der Waals surface area (Å²) in [5.74, 6) is 2.14. The SMILES string of the molecule is CC1CCCN(C(=O)C2CCC(=O)N2Cc2ccc3c(c2)OCO3)C1. The molecule has 2 unspecified atom stereocenters. The van der Waals surface area contributed by atoms with Crippen LogP contribution in [0.3, 0.4) is 0 Å². The number of ether oxygens (including phenoxy) is 2. The summed E-state index contributed by atoms with van der Waals surface area (Å²) < 4.78 is 10.7. The van der Waals surface area contributed by atoms with Crippen LogP contribution >= 0.6 is 0 Å².